The van der Waals surface area contributed by atoms with Crippen LogP contribution in [0.2, 0.25) is 0 Å². The molecule has 0 aliphatic rings. The molecule has 1 aromatic carbocycles. The Kier molecular flexibility index (Phi) is 4.35. The van der Waals surface area contributed by atoms with E-state index in [-0.39, 0.29) is 5.82 Å². The smallest absolute Gasteiger partial charge is 0.139 e. The summed E-state index contributed by atoms with van der Waals surface area (Å²) in [5.41, 5.74) is 6.85. The lowest BCUT2D eigenvalue weighted by Crippen LogP contribution is -2.21. The van der Waals surface area contributed by atoms with Crippen molar-refractivity contribution in [1.82, 2.24) is 4.90 Å². The van der Waals surface area contributed by atoms with Gasteiger partial charge in [-0.15, -0.1) is 0 Å². The summed E-state index contributed by atoms with van der Waals surface area (Å²) in [5, 5.41) is 3.15. The van der Waals surface area contributed by atoms with Gasteiger partial charge in [0.15, 0.2) is 0 Å². The zero-order chi connectivity index (χ0) is 11.4. The fourth-order valence-corrected chi connectivity index (χ4v) is 1.47. The highest BCUT2D eigenvalue weighted by molar-refractivity contribution is 9.10. The minimum absolute atomic E-state index is 0.342. The molecule has 0 atom stereocenters. The van der Waals surface area contributed by atoms with Crippen molar-refractivity contribution in [3.05, 3.63) is 22.4 Å². The highest BCUT2D eigenvalue weighted by Gasteiger charge is 2.05. The molecule has 0 aromatic heterocycles. The molecule has 0 unspecified atom stereocenters. The number of hydrogen-bond donors (Lipinski definition) is 2. The molecule has 0 bridgehead atoms. The number of nitrogen functional groups attached to an aromatic ring is 1. The first-order chi connectivity index (χ1) is 7.00. The van der Waals surface area contributed by atoms with Gasteiger partial charge in [0, 0.05) is 19.2 Å². The van der Waals surface area contributed by atoms with Crippen LogP contribution in [0.1, 0.15) is 0 Å². The number of nitrogens with one attached hydrogen (secondary N) is 1. The van der Waals surface area contributed by atoms with Crippen molar-refractivity contribution in [2.24, 2.45) is 0 Å². The fraction of sp³-hybridized carbons (Fsp3) is 0.400. The normalized spacial score (nSPS) is 10.7. The van der Waals surface area contributed by atoms with Crippen LogP contribution < -0.4 is 11.1 Å². The lowest BCUT2D eigenvalue weighted by molar-refractivity contribution is 0.425. The van der Waals surface area contributed by atoms with Crippen LogP contribution in [0, 0.1) is 5.82 Å². The zero-order valence-electron chi connectivity index (χ0n) is 8.85. The van der Waals surface area contributed by atoms with Gasteiger partial charge in [-0.25, -0.2) is 4.39 Å². The van der Waals surface area contributed by atoms with Crippen LogP contribution in [0.15, 0.2) is 16.6 Å². The lowest BCUT2D eigenvalue weighted by atomic mass is 10.2. The summed E-state index contributed by atoms with van der Waals surface area (Å²) < 4.78 is 13.5. The Labute approximate surface area is 97.6 Å². The second-order valence-electron chi connectivity index (χ2n) is 3.58. The Morgan fingerprint density at radius 1 is 1.47 bits per heavy atom. The van der Waals surface area contributed by atoms with Crippen LogP contribution in [0.3, 0.4) is 0 Å². The SMILES string of the molecule is CN(C)CCNc1cc(Br)c(F)cc1N. The average Bonchev–Trinajstić information content (AvgIpc) is 2.13. The second kappa shape index (κ2) is 5.32. The van der Waals surface area contributed by atoms with Gasteiger partial charge in [-0.3, -0.25) is 0 Å². The van der Waals surface area contributed by atoms with E-state index >= 15 is 0 Å². The first kappa shape index (κ1) is 12.3. The first-order valence-corrected chi connectivity index (χ1v) is 5.43. The molecule has 0 fully saturated rings. The van der Waals surface area contributed by atoms with E-state index < -0.39 is 0 Å². The van der Waals surface area contributed by atoms with Crippen LogP contribution in [0.5, 0.6) is 0 Å². The third-order valence-corrected chi connectivity index (χ3v) is 2.57. The molecule has 0 saturated heterocycles. The summed E-state index contributed by atoms with van der Waals surface area (Å²) in [5.74, 6) is -0.342. The summed E-state index contributed by atoms with van der Waals surface area (Å²) in [6.07, 6.45) is 0. The summed E-state index contributed by atoms with van der Waals surface area (Å²) in [6, 6.07) is 2.96. The predicted octanol–water partition coefficient (Wildman–Crippen LogP) is 2.14. The van der Waals surface area contributed by atoms with E-state index in [4.69, 9.17) is 5.73 Å². The van der Waals surface area contributed by atoms with Gasteiger partial charge in [-0.05, 0) is 36.1 Å². The number of rotatable bonds is 4. The molecule has 0 spiro atoms. The zero-order valence-corrected chi connectivity index (χ0v) is 10.4. The first-order valence-electron chi connectivity index (χ1n) is 4.64. The Balaban J connectivity index is 2.65. The third kappa shape index (κ3) is 3.68. The number of nitrogens with two attached hydrogens (primary N) is 1. The highest BCUT2D eigenvalue weighted by Crippen LogP contribution is 2.26. The van der Waals surface area contributed by atoms with Gasteiger partial charge in [-0.1, -0.05) is 0 Å². The lowest BCUT2D eigenvalue weighted by Gasteiger charge is -2.13. The number of benzene rings is 1. The van der Waals surface area contributed by atoms with Crippen LogP contribution in [0.4, 0.5) is 15.8 Å². The van der Waals surface area contributed by atoms with Crippen LogP contribution >= 0.6 is 15.9 Å². The molecule has 0 saturated carbocycles. The molecule has 0 aliphatic carbocycles. The van der Waals surface area contributed by atoms with Gasteiger partial charge in [-0.2, -0.15) is 0 Å². The molecule has 0 radical (unpaired) electrons. The van der Waals surface area contributed by atoms with E-state index in [1.165, 1.54) is 6.07 Å². The maximum Gasteiger partial charge on any atom is 0.139 e. The van der Waals surface area contributed by atoms with E-state index in [0.717, 1.165) is 18.8 Å². The van der Waals surface area contributed by atoms with Crippen molar-refractivity contribution in [3.63, 3.8) is 0 Å². The molecule has 3 nitrogen and oxygen atoms in total. The number of likely N-dealkylation sites (N-methyl/N-ethyl adjacent to an activating group) is 1. The van der Waals surface area contributed by atoms with Crippen LogP contribution in [0.25, 0.3) is 0 Å². The Morgan fingerprint density at radius 2 is 2.13 bits per heavy atom. The highest BCUT2D eigenvalue weighted by atomic mass is 79.9. The fourth-order valence-electron chi connectivity index (χ4n) is 1.13. The Morgan fingerprint density at radius 3 is 2.73 bits per heavy atom. The summed E-state index contributed by atoms with van der Waals surface area (Å²) in [7, 11) is 3.98. The van der Waals surface area contributed by atoms with E-state index in [1.54, 1.807) is 6.07 Å². The van der Waals surface area contributed by atoms with Gasteiger partial charge in [0.05, 0.1) is 15.8 Å². The number of hydrogen-bond acceptors (Lipinski definition) is 3. The summed E-state index contributed by atoms with van der Waals surface area (Å²) in [6.45, 7) is 1.67. The van der Waals surface area contributed by atoms with Gasteiger partial charge in [0.25, 0.3) is 0 Å². The van der Waals surface area contributed by atoms with Crippen molar-refractivity contribution >= 4 is 27.3 Å². The topological polar surface area (TPSA) is 41.3 Å². The van der Waals surface area contributed by atoms with Crippen LogP contribution in [-0.2, 0) is 0 Å². The van der Waals surface area contributed by atoms with Gasteiger partial charge < -0.3 is 16.0 Å². The minimum atomic E-state index is -0.342. The summed E-state index contributed by atoms with van der Waals surface area (Å²) >= 11 is 3.12. The maximum atomic E-state index is 13.0. The molecular formula is C10H15BrFN3. The molecule has 5 heteroatoms. The van der Waals surface area contributed by atoms with E-state index in [2.05, 4.69) is 26.1 Å². The third-order valence-electron chi connectivity index (χ3n) is 1.97. The van der Waals surface area contributed by atoms with Crippen molar-refractivity contribution in [2.75, 3.05) is 38.2 Å². The number of anilines is 2. The standard InChI is InChI=1S/C10H15BrFN3/c1-15(2)4-3-14-10-5-7(11)8(12)6-9(10)13/h5-6,14H,3-4,13H2,1-2H3. The van der Waals surface area contributed by atoms with Crippen molar-refractivity contribution in [1.29, 1.82) is 0 Å². The number of nitrogens with zero attached hydrogens (tertiary/aromatic N) is 1. The van der Waals surface area contributed by atoms with E-state index in [1.807, 2.05) is 14.1 Å². The molecule has 15 heavy (non-hydrogen) atoms. The maximum absolute atomic E-state index is 13.0. The predicted molar refractivity (Wildman–Crippen MR) is 65.6 cm³/mol. The summed E-state index contributed by atoms with van der Waals surface area (Å²) in [4.78, 5) is 2.06. The Bertz CT molecular complexity index is 342. The Hall–Kier alpha value is -0.810. The average molecular weight is 276 g/mol. The van der Waals surface area contributed by atoms with E-state index in [9.17, 15) is 4.39 Å². The van der Waals surface area contributed by atoms with E-state index in [0.29, 0.717) is 10.2 Å². The molecule has 0 heterocycles. The van der Waals surface area contributed by atoms with Crippen molar-refractivity contribution in [2.45, 2.75) is 0 Å². The molecular weight excluding hydrogens is 261 g/mol. The molecule has 0 amide bonds. The molecule has 1 aromatic rings. The molecule has 0 aliphatic heterocycles. The second-order valence-corrected chi connectivity index (χ2v) is 4.44. The quantitative estimate of drug-likeness (QED) is 0.828. The van der Waals surface area contributed by atoms with Gasteiger partial charge in [0.2, 0.25) is 0 Å². The van der Waals surface area contributed by atoms with Crippen molar-refractivity contribution < 1.29 is 4.39 Å². The molecule has 3 N–H and O–H groups in total. The van der Waals surface area contributed by atoms with Gasteiger partial charge >= 0.3 is 0 Å². The molecule has 84 valence electrons. The monoisotopic (exact) mass is 275 g/mol. The van der Waals surface area contributed by atoms with Crippen LogP contribution in [-0.4, -0.2) is 32.1 Å². The largest absolute Gasteiger partial charge is 0.397 e. The van der Waals surface area contributed by atoms with Gasteiger partial charge in [0.1, 0.15) is 5.82 Å². The molecule has 1 rings (SSSR count). The van der Waals surface area contributed by atoms with Crippen molar-refractivity contribution in [3.8, 4) is 0 Å². The number of halogens is 2. The minimum Gasteiger partial charge on any atom is -0.397 e.